The predicted molar refractivity (Wildman–Crippen MR) is 69.6 cm³/mol. The summed E-state index contributed by atoms with van der Waals surface area (Å²) in [5, 5.41) is 3.10. The topological polar surface area (TPSA) is 41.6 Å². The van der Waals surface area contributed by atoms with Gasteiger partial charge in [-0.1, -0.05) is 12.1 Å². The smallest absolute Gasteiger partial charge is 0.339 e. The first-order valence-electron chi connectivity index (χ1n) is 5.73. The van der Waals surface area contributed by atoms with Crippen LogP contribution in [0, 0.1) is 0 Å². The molecule has 0 amide bonds. The zero-order chi connectivity index (χ0) is 12.7. The van der Waals surface area contributed by atoms with Crippen molar-refractivity contribution in [1.29, 1.82) is 0 Å². The van der Waals surface area contributed by atoms with Crippen molar-refractivity contribution < 1.29 is 9.53 Å². The molecule has 0 aliphatic heterocycles. The van der Waals surface area contributed by atoms with Crippen LogP contribution >= 0.6 is 0 Å². The third-order valence-electron chi connectivity index (χ3n) is 2.64. The average molecular weight is 236 g/mol. The molecule has 0 aliphatic rings. The number of hydrogen-bond donors (Lipinski definition) is 1. The molecular formula is C13H20N2O2. The van der Waals surface area contributed by atoms with E-state index in [-0.39, 0.29) is 5.97 Å². The predicted octanol–water partition coefficient (Wildman–Crippen LogP) is 1.52. The highest BCUT2D eigenvalue weighted by Crippen LogP contribution is 2.19. The van der Waals surface area contributed by atoms with E-state index < -0.39 is 0 Å². The Kier molecular flexibility index (Phi) is 5.49. The van der Waals surface area contributed by atoms with E-state index in [1.54, 1.807) is 6.07 Å². The number of carbonyl (C=O) groups excluding carboxylic acids is 1. The lowest BCUT2D eigenvalue weighted by molar-refractivity contribution is 0.0601. The molecule has 0 fully saturated rings. The second-order valence-electron chi connectivity index (χ2n) is 3.89. The minimum atomic E-state index is -0.291. The van der Waals surface area contributed by atoms with Gasteiger partial charge in [-0.2, -0.15) is 0 Å². The number of carbonyl (C=O) groups is 1. The summed E-state index contributed by atoms with van der Waals surface area (Å²) in [5.41, 5.74) is 1.53. The van der Waals surface area contributed by atoms with Crippen LogP contribution in [0.15, 0.2) is 24.3 Å². The summed E-state index contributed by atoms with van der Waals surface area (Å²) < 4.78 is 4.77. The number of hydrogen-bond acceptors (Lipinski definition) is 4. The summed E-state index contributed by atoms with van der Waals surface area (Å²) in [6, 6.07) is 7.49. The Balaban J connectivity index is 2.78. The van der Waals surface area contributed by atoms with Gasteiger partial charge in [-0.15, -0.1) is 0 Å². The summed E-state index contributed by atoms with van der Waals surface area (Å²) in [6.45, 7) is 1.86. The highest BCUT2D eigenvalue weighted by atomic mass is 16.5. The molecule has 0 aromatic heterocycles. The lowest BCUT2D eigenvalue weighted by Gasteiger charge is -2.21. The van der Waals surface area contributed by atoms with E-state index in [0.29, 0.717) is 5.56 Å². The maximum atomic E-state index is 11.6. The van der Waals surface area contributed by atoms with Crippen molar-refractivity contribution in [3.05, 3.63) is 29.8 Å². The highest BCUT2D eigenvalue weighted by molar-refractivity contribution is 5.95. The largest absolute Gasteiger partial charge is 0.465 e. The Bertz CT molecular complexity index is 366. The van der Waals surface area contributed by atoms with Crippen LogP contribution in [-0.2, 0) is 4.74 Å². The standard InChI is InChI=1S/C13H20N2O2/c1-14-9-6-10-15(2)12-8-5-4-7-11(12)13(16)17-3/h4-5,7-8,14H,6,9-10H2,1-3H3. The van der Waals surface area contributed by atoms with Crippen LogP contribution < -0.4 is 10.2 Å². The average Bonchev–Trinajstić information content (AvgIpc) is 2.38. The fraction of sp³-hybridized carbons (Fsp3) is 0.462. The molecule has 4 nitrogen and oxygen atoms in total. The van der Waals surface area contributed by atoms with Gasteiger partial charge in [-0.05, 0) is 32.1 Å². The Labute approximate surface area is 103 Å². The fourth-order valence-electron chi connectivity index (χ4n) is 1.70. The molecule has 1 N–H and O–H groups in total. The normalized spacial score (nSPS) is 10.1. The number of benzene rings is 1. The van der Waals surface area contributed by atoms with E-state index in [0.717, 1.165) is 25.2 Å². The van der Waals surface area contributed by atoms with Gasteiger partial charge in [0.25, 0.3) is 0 Å². The summed E-state index contributed by atoms with van der Waals surface area (Å²) in [6.07, 6.45) is 1.03. The van der Waals surface area contributed by atoms with E-state index in [9.17, 15) is 4.79 Å². The maximum absolute atomic E-state index is 11.6. The van der Waals surface area contributed by atoms with Gasteiger partial charge < -0.3 is 15.0 Å². The molecule has 0 saturated heterocycles. The van der Waals surface area contributed by atoms with Gasteiger partial charge in [-0.3, -0.25) is 0 Å². The van der Waals surface area contributed by atoms with Gasteiger partial charge >= 0.3 is 5.97 Å². The molecule has 0 atom stereocenters. The number of anilines is 1. The van der Waals surface area contributed by atoms with Crippen LogP contribution in [0.25, 0.3) is 0 Å². The molecule has 4 heteroatoms. The van der Waals surface area contributed by atoms with Gasteiger partial charge in [0.1, 0.15) is 0 Å². The van der Waals surface area contributed by atoms with E-state index in [4.69, 9.17) is 4.74 Å². The van der Waals surface area contributed by atoms with Crippen LogP contribution in [0.3, 0.4) is 0 Å². The fourth-order valence-corrected chi connectivity index (χ4v) is 1.70. The van der Waals surface area contributed by atoms with Crippen molar-refractivity contribution in [3.63, 3.8) is 0 Å². The molecule has 0 bridgehead atoms. The van der Waals surface area contributed by atoms with Crippen molar-refractivity contribution in [3.8, 4) is 0 Å². The Morgan fingerprint density at radius 1 is 1.41 bits per heavy atom. The Morgan fingerprint density at radius 2 is 2.12 bits per heavy atom. The van der Waals surface area contributed by atoms with E-state index >= 15 is 0 Å². The first-order valence-corrected chi connectivity index (χ1v) is 5.73. The van der Waals surface area contributed by atoms with Gasteiger partial charge in [0.05, 0.1) is 18.4 Å². The third kappa shape index (κ3) is 3.75. The lowest BCUT2D eigenvalue weighted by atomic mass is 10.1. The Hall–Kier alpha value is -1.55. The van der Waals surface area contributed by atoms with Crippen molar-refractivity contribution in [2.75, 3.05) is 39.2 Å². The first-order chi connectivity index (χ1) is 8.20. The number of ether oxygens (including phenoxy) is 1. The molecule has 0 spiro atoms. The van der Waals surface area contributed by atoms with Crippen LogP contribution in [-0.4, -0.2) is 40.3 Å². The van der Waals surface area contributed by atoms with Gasteiger partial charge in [0, 0.05) is 13.6 Å². The minimum Gasteiger partial charge on any atom is -0.465 e. The monoisotopic (exact) mass is 236 g/mol. The second-order valence-corrected chi connectivity index (χ2v) is 3.89. The minimum absolute atomic E-state index is 0.291. The molecule has 0 radical (unpaired) electrons. The number of methoxy groups -OCH3 is 1. The van der Waals surface area contributed by atoms with E-state index in [2.05, 4.69) is 10.2 Å². The summed E-state index contributed by atoms with van der Waals surface area (Å²) in [7, 11) is 5.32. The molecule has 0 saturated carbocycles. The zero-order valence-corrected chi connectivity index (χ0v) is 10.7. The lowest BCUT2D eigenvalue weighted by Crippen LogP contribution is -2.24. The van der Waals surface area contributed by atoms with Crippen molar-refractivity contribution in [1.82, 2.24) is 5.32 Å². The molecule has 17 heavy (non-hydrogen) atoms. The molecule has 0 unspecified atom stereocenters. The maximum Gasteiger partial charge on any atom is 0.339 e. The van der Waals surface area contributed by atoms with Crippen LogP contribution in [0.1, 0.15) is 16.8 Å². The van der Waals surface area contributed by atoms with Crippen LogP contribution in [0.4, 0.5) is 5.69 Å². The summed E-state index contributed by atoms with van der Waals surface area (Å²) >= 11 is 0. The summed E-state index contributed by atoms with van der Waals surface area (Å²) in [5.74, 6) is -0.291. The molecule has 0 heterocycles. The highest BCUT2D eigenvalue weighted by Gasteiger charge is 2.13. The quantitative estimate of drug-likeness (QED) is 0.600. The third-order valence-corrected chi connectivity index (χ3v) is 2.64. The second kappa shape index (κ2) is 6.91. The van der Waals surface area contributed by atoms with Crippen LogP contribution in [0.5, 0.6) is 0 Å². The summed E-state index contributed by atoms with van der Waals surface area (Å²) in [4.78, 5) is 13.7. The molecule has 1 aromatic rings. The number of para-hydroxylation sites is 1. The SMILES string of the molecule is CNCCCN(C)c1ccccc1C(=O)OC. The zero-order valence-electron chi connectivity index (χ0n) is 10.7. The molecular weight excluding hydrogens is 216 g/mol. The number of esters is 1. The molecule has 0 aliphatic carbocycles. The van der Waals surface area contributed by atoms with Crippen LogP contribution in [0.2, 0.25) is 0 Å². The van der Waals surface area contributed by atoms with Crippen molar-refractivity contribution >= 4 is 11.7 Å². The Morgan fingerprint density at radius 3 is 2.76 bits per heavy atom. The first kappa shape index (κ1) is 13.5. The van der Waals surface area contributed by atoms with Gasteiger partial charge in [-0.25, -0.2) is 4.79 Å². The van der Waals surface area contributed by atoms with E-state index in [1.165, 1.54) is 7.11 Å². The molecule has 94 valence electrons. The molecule has 1 aromatic carbocycles. The molecule has 1 rings (SSSR count). The van der Waals surface area contributed by atoms with E-state index in [1.807, 2.05) is 32.3 Å². The number of rotatable bonds is 6. The van der Waals surface area contributed by atoms with Crippen molar-refractivity contribution in [2.24, 2.45) is 0 Å². The number of nitrogens with one attached hydrogen (secondary N) is 1. The van der Waals surface area contributed by atoms with Gasteiger partial charge in [0.2, 0.25) is 0 Å². The van der Waals surface area contributed by atoms with Crippen molar-refractivity contribution in [2.45, 2.75) is 6.42 Å². The number of nitrogens with zero attached hydrogens (tertiary/aromatic N) is 1. The van der Waals surface area contributed by atoms with Gasteiger partial charge in [0.15, 0.2) is 0 Å².